The van der Waals surface area contributed by atoms with Gasteiger partial charge in [0.25, 0.3) is 0 Å². The van der Waals surface area contributed by atoms with E-state index >= 15 is 0 Å². The number of anilines is 1. The van der Waals surface area contributed by atoms with Crippen LogP contribution in [0.2, 0.25) is 0 Å². The van der Waals surface area contributed by atoms with Gasteiger partial charge in [-0.15, -0.1) is 0 Å². The van der Waals surface area contributed by atoms with Crippen molar-refractivity contribution in [3.05, 3.63) is 28.8 Å². The molecular formula is C11H16N2. The molecular weight excluding hydrogens is 160 g/mol. The molecule has 1 aromatic rings. The first-order valence-corrected chi connectivity index (χ1v) is 4.79. The minimum Gasteiger partial charge on any atom is -0.384 e. The van der Waals surface area contributed by atoms with E-state index in [4.69, 9.17) is 5.73 Å². The zero-order valence-corrected chi connectivity index (χ0v) is 8.22. The average Bonchev–Trinajstić information content (AvgIpc) is 2.12. The SMILES string of the molecule is Cc1ccc2c(c1C)NCCC2N. The van der Waals surface area contributed by atoms with Crippen LogP contribution in [-0.2, 0) is 0 Å². The fourth-order valence-electron chi connectivity index (χ4n) is 1.89. The van der Waals surface area contributed by atoms with Gasteiger partial charge in [-0.3, -0.25) is 0 Å². The van der Waals surface area contributed by atoms with Crippen LogP contribution in [0.1, 0.15) is 29.2 Å². The van der Waals surface area contributed by atoms with Crippen molar-refractivity contribution in [2.75, 3.05) is 11.9 Å². The molecule has 2 nitrogen and oxygen atoms in total. The Bertz CT molecular complexity index is 331. The molecule has 2 rings (SSSR count). The van der Waals surface area contributed by atoms with Crippen molar-refractivity contribution >= 4 is 5.69 Å². The summed E-state index contributed by atoms with van der Waals surface area (Å²) in [6, 6.07) is 4.52. The molecule has 0 aliphatic carbocycles. The Hall–Kier alpha value is -1.02. The van der Waals surface area contributed by atoms with E-state index < -0.39 is 0 Å². The topological polar surface area (TPSA) is 38.0 Å². The van der Waals surface area contributed by atoms with Crippen LogP contribution < -0.4 is 11.1 Å². The molecule has 1 aliphatic heterocycles. The maximum Gasteiger partial charge on any atom is 0.0421 e. The lowest BCUT2D eigenvalue weighted by atomic mass is 9.94. The van der Waals surface area contributed by atoms with Crippen LogP contribution in [0, 0.1) is 13.8 Å². The summed E-state index contributed by atoms with van der Waals surface area (Å²) in [4.78, 5) is 0. The van der Waals surface area contributed by atoms with Crippen molar-refractivity contribution in [2.45, 2.75) is 26.3 Å². The molecule has 3 N–H and O–H groups in total. The molecule has 70 valence electrons. The molecule has 0 spiro atoms. The standard InChI is InChI=1S/C11H16N2/c1-7-3-4-9-10(12)5-6-13-11(9)8(7)2/h3-4,10,13H,5-6,12H2,1-2H3. The molecule has 1 atom stereocenters. The molecule has 1 unspecified atom stereocenters. The Labute approximate surface area is 79.1 Å². The maximum atomic E-state index is 6.03. The van der Waals surface area contributed by atoms with Crippen molar-refractivity contribution in [3.8, 4) is 0 Å². The van der Waals surface area contributed by atoms with Gasteiger partial charge in [0, 0.05) is 18.3 Å². The van der Waals surface area contributed by atoms with Gasteiger partial charge in [-0.1, -0.05) is 12.1 Å². The summed E-state index contributed by atoms with van der Waals surface area (Å²) in [5.74, 6) is 0. The van der Waals surface area contributed by atoms with Gasteiger partial charge < -0.3 is 11.1 Å². The lowest BCUT2D eigenvalue weighted by Gasteiger charge is -2.26. The summed E-state index contributed by atoms with van der Waals surface area (Å²) in [5, 5.41) is 3.42. The Morgan fingerprint density at radius 3 is 2.92 bits per heavy atom. The minimum absolute atomic E-state index is 0.218. The monoisotopic (exact) mass is 176 g/mol. The maximum absolute atomic E-state index is 6.03. The van der Waals surface area contributed by atoms with E-state index in [-0.39, 0.29) is 6.04 Å². The van der Waals surface area contributed by atoms with Crippen molar-refractivity contribution in [1.82, 2.24) is 0 Å². The van der Waals surface area contributed by atoms with Crippen molar-refractivity contribution in [2.24, 2.45) is 5.73 Å². The van der Waals surface area contributed by atoms with Crippen LogP contribution in [-0.4, -0.2) is 6.54 Å². The Balaban J connectivity index is 2.56. The van der Waals surface area contributed by atoms with Crippen LogP contribution in [0.5, 0.6) is 0 Å². The number of hydrogen-bond acceptors (Lipinski definition) is 2. The van der Waals surface area contributed by atoms with Gasteiger partial charge in [-0.05, 0) is 37.0 Å². The summed E-state index contributed by atoms with van der Waals surface area (Å²) in [6.45, 7) is 5.29. The number of aryl methyl sites for hydroxylation is 1. The van der Waals surface area contributed by atoms with Crippen LogP contribution >= 0.6 is 0 Å². The normalized spacial score (nSPS) is 20.7. The van der Waals surface area contributed by atoms with E-state index in [1.165, 1.54) is 22.4 Å². The fourth-order valence-corrected chi connectivity index (χ4v) is 1.89. The zero-order chi connectivity index (χ0) is 9.42. The highest BCUT2D eigenvalue weighted by Crippen LogP contribution is 2.32. The molecule has 0 bridgehead atoms. The summed E-state index contributed by atoms with van der Waals surface area (Å²) >= 11 is 0. The first-order valence-electron chi connectivity index (χ1n) is 4.79. The van der Waals surface area contributed by atoms with E-state index in [1.807, 2.05) is 0 Å². The van der Waals surface area contributed by atoms with E-state index in [0.29, 0.717) is 0 Å². The van der Waals surface area contributed by atoms with E-state index in [1.54, 1.807) is 0 Å². The molecule has 1 heterocycles. The van der Waals surface area contributed by atoms with E-state index in [0.717, 1.165) is 13.0 Å². The van der Waals surface area contributed by atoms with Crippen LogP contribution in [0.4, 0.5) is 5.69 Å². The van der Waals surface area contributed by atoms with Gasteiger partial charge in [0.15, 0.2) is 0 Å². The predicted octanol–water partition coefficient (Wildman–Crippen LogP) is 2.12. The average molecular weight is 176 g/mol. The van der Waals surface area contributed by atoms with Crippen molar-refractivity contribution < 1.29 is 0 Å². The first-order chi connectivity index (χ1) is 6.20. The van der Waals surface area contributed by atoms with Gasteiger partial charge in [0.2, 0.25) is 0 Å². The van der Waals surface area contributed by atoms with Gasteiger partial charge in [0.1, 0.15) is 0 Å². The second-order valence-electron chi connectivity index (χ2n) is 3.79. The summed E-state index contributed by atoms with van der Waals surface area (Å²) in [6.07, 6.45) is 1.04. The number of rotatable bonds is 0. The largest absolute Gasteiger partial charge is 0.384 e. The number of fused-ring (bicyclic) bond motifs is 1. The van der Waals surface area contributed by atoms with Crippen LogP contribution in [0.3, 0.4) is 0 Å². The van der Waals surface area contributed by atoms with Gasteiger partial charge >= 0.3 is 0 Å². The summed E-state index contributed by atoms with van der Waals surface area (Å²) < 4.78 is 0. The third-order valence-corrected chi connectivity index (χ3v) is 2.92. The number of hydrogen-bond donors (Lipinski definition) is 2. The second kappa shape index (κ2) is 3.04. The molecule has 0 saturated carbocycles. The molecule has 0 saturated heterocycles. The molecule has 13 heavy (non-hydrogen) atoms. The van der Waals surface area contributed by atoms with Gasteiger partial charge in [-0.25, -0.2) is 0 Å². The van der Waals surface area contributed by atoms with Crippen molar-refractivity contribution in [1.29, 1.82) is 0 Å². The lowest BCUT2D eigenvalue weighted by Crippen LogP contribution is -2.23. The van der Waals surface area contributed by atoms with E-state index in [2.05, 4.69) is 31.3 Å². The quantitative estimate of drug-likeness (QED) is 0.635. The molecule has 0 fully saturated rings. The van der Waals surface area contributed by atoms with E-state index in [9.17, 15) is 0 Å². The lowest BCUT2D eigenvalue weighted by molar-refractivity contribution is 0.653. The van der Waals surface area contributed by atoms with Crippen molar-refractivity contribution in [3.63, 3.8) is 0 Å². The third kappa shape index (κ3) is 1.31. The molecule has 1 aliphatic rings. The third-order valence-electron chi connectivity index (χ3n) is 2.92. The molecule has 0 radical (unpaired) electrons. The van der Waals surface area contributed by atoms with Gasteiger partial charge in [0.05, 0.1) is 0 Å². The zero-order valence-electron chi connectivity index (χ0n) is 8.22. The second-order valence-corrected chi connectivity index (χ2v) is 3.79. The number of nitrogens with two attached hydrogens (primary N) is 1. The fraction of sp³-hybridized carbons (Fsp3) is 0.455. The molecule has 1 aromatic carbocycles. The molecule has 0 amide bonds. The smallest absolute Gasteiger partial charge is 0.0421 e. The Morgan fingerprint density at radius 2 is 2.15 bits per heavy atom. The summed E-state index contributed by atoms with van der Waals surface area (Å²) in [7, 11) is 0. The molecule has 2 heteroatoms. The number of benzene rings is 1. The van der Waals surface area contributed by atoms with Crippen LogP contribution in [0.25, 0.3) is 0 Å². The Kier molecular flexibility index (Phi) is 2.00. The minimum atomic E-state index is 0.218. The van der Waals surface area contributed by atoms with Gasteiger partial charge in [-0.2, -0.15) is 0 Å². The predicted molar refractivity (Wildman–Crippen MR) is 56.0 cm³/mol. The van der Waals surface area contributed by atoms with Crippen LogP contribution in [0.15, 0.2) is 12.1 Å². The highest BCUT2D eigenvalue weighted by molar-refractivity contribution is 5.62. The number of nitrogens with one attached hydrogen (secondary N) is 1. The Morgan fingerprint density at radius 1 is 1.38 bits per heavy atom. The highest BCUT2D eigenvalue weighted by Gasteiger charge is 2.17. The first kappa shape index (κ1) is 8.57. The molecule has 0 aromatic heterocycles. The summed E-state index contributed by atoms with van der Waals surface area (Å²) in [5.41, 5.74) is 11.2. The highest BCUT2D eigenvalue weighted by atomic mass is 14.9.